The molecule has 1 aromatic rings. The number of piperidine rings is 1. The molecular weight excluding hydrogens is 373 g/mol. The Bertz CT molecular complexity index is 705. The summed E-state index contributed by atoms with van der Waals surface area (Å²) >= 11 is 0. The molecule has 0 saturated carbocycles. The van der Waals surface area contributed by atoms with Crippen LogP contribution in [0.1, 0.15) is 35.2 Å². The molecule has 3 N–H and O–H groups in total. The van der Waals surface area contributed by atoms with E-state index in [0.717, 1.165) is 57.6 Å². The number of likely N-dealkylation sites (tertiary alicyclic amines) is 1. The van der Waals surface area contributed by atoms with Crippen LogP contribution in [-0.4, -0.2) is 61.5 Å². The number of amides is 2. The fourth-order valence-corrected chi connectivity index (χ4v) is 3.79. The zero-order valence-corrected chi connectivity index (χ0v) is 15.5. The molecule has 0 spiro atoms. The topological polar surface area (TPSA) is 73.5 Å². The predicted molar refractivity (Wildman–Crippen MR) is 97.8 cm³/mol. The molecule has 1 atom stereocenters. The quantitative estimate of drug-likeness (QED) is 0.701. The summed E-state index contributed by atoms with van der Waals surface area (Å²) in [5, 5.41) is 8.62. The molecule has 28 heavy (non-hydrogen) atoms. The van der Waals surface area contributed by atoms with Crippen molar-refractivity contribution < 1.29 is 22.8 Å². The van der Waals surface area contributed by atoms with E-state index in [0.29, 0.717) is 6.04 Å². The van der Waals surface area contributed by atoms with E-state index in [4.69, 9.17) is 0 Å². The molecule has 154 valence electrons. The van der Waals surface area contributed by atoms with Gasteiger partial charge in [-0.15, -0.1) is 0 Å². The van der Waals surface area contributed by atoms with Crippen molar-refractivity contribution in [2.45, 2.75) is 37.5 Å². The third-order valence-electron chi connectivity index (χ3n) is 5.27. The highest BCUT2D eigenvalue weighted by Crippen LogP contribution is 2.29. The van der Waals surface area contributed by atoms with Gasteiger partial charge in [-0.2, -0.15) is 13.2 Å². The van der Waals surface area contributed by atoms with Crippen molar-refractivity contribution in [2.75, 3.05) is 32.7 Å². The Kier molecular flexibility index (Phi) is 6.56. The van der Waals surface area contributed by atoms with E-state index in [1.54, 1.807) is 0 Å². The Morgan fingerprint density at radius 2 is 1.93 bits per heavy atom. The number of alkyl halides is 3. The third kappa shape index (κ3) is 5.45. The second-order valence-electron chi connectivity index (χ2n) is 7.29. The van der Waals surface area contributed by atoms with Crippen LogP contribution in [0.15, 0.2) is 24.3 Å². The van der Waals surface area contributed by atoms with Gasteiger partial charge < -0.3 is 16.0 Å². The van der Waals surface area contributed by atoms with Gasteiger partial charge in [0.25, 0.3) is 5.91 Å². The zero-order chi connectivity index (χ0) is 20.1. The van der Waals surface area contributed by atoms with Crippen molar-refractivity contribution in [1.29, 1.82) is 0 Å². The summed E-state index contributed by atoms with van der Waals surface area (Å²) in [5.41, 5.74) is -1.02. The number of nitrogens with zero attached hydrogens (tertiary/aromatic N) is 1. The van der Waals surface area contributed by atoms with Gasteiger partial charge in [0.15, 0.2) is 0 Å². The van der Waals surface area contributed by atoms with Crippen molar-refractivity contribution in [2.24, 2.45) is 0 Å². The number of carbonyl (C=O) groups is 2. The molecule has 2 fully saturated rings. The Hall–Kier alpha value is -2.13. The monoisotopic (exact) mass is 398 g/mol. The van der Waals surface area contributed by atoms with Crippen molar-refractivity contribution in [3.63, 3.8) is 0 Å². The standard InChI is InChI=1S/C19H25F3N4O2/c20-19(21,22)14-3-1-2-13(10-14)18(28)24-11-17(27)25-15-6-9-26(12-15)16-4-7-23-8-5-16/h1-3,10,15-16,23H,4-9,11-12H2,(H,24,28)(H,25,27)/t15-/m1/s1. The van der Waals surface area contributed by atoms with Crippen LogP contribution in [0, 0.1) is 0 Å². The lowest BCUT2D eigenvalue weighted by atomic mass is 10.1. The molecule has 0 unspecified atom stereocenters. The molecule has 2 amide bonds. The van der Waals surface area contributed by atoms with Crippen LogP contribution in [0.3, 0.4) is 0 Å². The summed E-state index contributed by atoms with van der Waals surface area (Å²) in [7, 11) is 0. The first-order valence-corrected chi connectivity index (χ1v) is 9.52. The largest absolute Gasteiger partial charge is 0.416 e. The molecule has 0 aliphatic carbocycles. The molecule has 2 aliphatic rings. The number of halogens is 3. The smallest absolute Gasteiger partial charge is 0.350 e. The summed E-state index contributed by atoms with van der Waals surface area (Å²) in [4.78, 5) is 26.6. The Morgan fingerprint density at radius 3 is 2.64 bits per heavy atom. The van der Waals surface area contributed by atoms with E-state index >= 15 is 0 Å². The minimum atomic E-state index is -4.52. The number of hydrogen-bond donors (Lipinski definition) is 3. The van der Waals surface area contributed by atoms with Crippen LogP contribution < -0.4 is 16.0 Å². The van der Waals surface area contributed by atoms with Gasteiger partial charge in [0.2, 0.25) is 5.91 Å². The number of benzene rings is 1. The lowest BCUT2D eigenvalue weighted by molar-refractivity contribution is -0.137. The van der Waals surface area contributed by atoms with Crippen molar-refractivity contribution in [1.82, 2.24) is 20.9 Å². The summed E-state index contributed by atoms with van der Waals surface area (Å²) in [6.45, 7) is 3.49. The van der Waals surface area contributed by atoms with Crippen molar-refractivity contribution in [3.05, 3.63) is 35.4 Å². The average molecular weight is 398 g/mol. The van der Waals surface area contributed by atoms with Gasteiger partial charge in [0, 0.05) is 30.7 Å². The van der Waals surface area contributed by atoms with Gasteiger partial charge in [-0.25, -0.2) is 0 Å². The molecule has 0 radical (unpaired) electrons. The van der Waals surface area contributed by atoms with Gasteiger partial charge in [-0.05, 0) is 50.6 Å². The minimum absolute atomic E-state index is 0.0350. The van der Waals surface area contributed by atoms with E-state index in [1.165, 1.54) is 12.1 Å². The van der Waals surface area contributed by atoms with Crippen LogP contribution in [-0.2, 0) is 11.0 Å². The summed E-state index contributed by atoms with van der Waals surface area (Å²) in [6, 6.07) is 4.72. The number of hydrogen-bond acceptors (Lipinski definition) is 4. The molecule has 1 aromatic carbocycles. The van der Waals surface area contributed by atoms with E-state index in [-0.39, 0.29) is 24.1 Å². The van der Waals surface area contributed by atoms with E-state index in [9.17, 15) is 22.8 Å². The minimum Gasteiger partial charge on any atom is -0.350 e. The van der Waals surface area contributed by atoms with Gasteiger partial charge in [0.1, 0.15) is 0 Å². The molecule has 9 heteroatoms. The number of carbonyl (C=O) groups excluding carboxylic acids is 2. The highest BCUT2D eigenvalue weighted by molar-refractivity contribution is 5.96. The molecule has 6 nitrogen and oxygen atoms in total. The van der Waals surface area contributed by atoms with Gasteiger partial charge in [0.05, 0.1) is 12.1 Å². The summed E-state index contributed by atoms with van der Waals surface area (Å²) in [5.74, 6) is -1.04. The Labute approximate surface area is 161 Å². The summed E-state index contributed by atoms with van der Waals surface area (Å²) in [6.07, 6.45) is -1.45. The van der Waals surface area contributed by atoms with Gasteiger partial charge >= 0.3 is 6.18 Å². The molecule has 0 aromatic heterocycles. The summed E-state index contributed by atoms with van der Waals surface area (Å²) < 4.78 is 38.2. The average Bonchev–Trinajstić information content (AvgIpc) is 3.14. The van der Waals surface area contributed by atoms with E-state index in [2.05, 4.69) is 20.9 Å². The van der Waals surface area contributed by atoms with Crippen LogP contribution in [0.25, 0.3) is 0 Å². The zero-order valence-electron chi connectivity index (χ0n) is 15.5. The molecule has 0 bridgehead atoms. The predicted octanol–water partition coefficient (Wildman–Crippen LogP) is 1.38. The maximum Gasteiger partial charge on any atom is 0.416 e. The number of nitrogens with one attached hydrogen (secondary N) is 3. The third-order valence-corrected chi connectivity index (χ3v) is 5.27. The molecular formula is C19H25F3N4O2. The fourth-order valence-electron chi connectivity index (χ4n) is 3.79. The van der Waals surface area contributed by atoms with Crippen molar-refractivity contribution >= 4 is 11.8 Å². The maximum absolute atomic E-state index is 12.7. The molecule has 2 saturated heterocycles. The first kappa shape index (κ1) is 20.6. The first-order chi connectivity index (χ1) is 13.3. The number of rotatable bonds is 5. The second-order valence-corrected chi connectivity index (χ2v) is 7.29. The first-order valence-electron chi connectivity index (χ1n) is 9.52. The molecule has 2 aliphatic heterocycles. The van der Waals surface area contributed by atoms with E-state index in [1.807, 2.05) is 0 Å². The maximum atomic E-state index is 12.7. The van der Waals surface area contributed by atoms with Gasteiger partial charge in [-0.3, -0.25) is 14.5 Å². The Balaban J connectivity index is 1.44. The molecule has 2 heterocycles. The second kappa shape index (κ2) is 8.91. The molecule has 3 rings (SSSR count). The van der Waals surface area contributed by atoms with Crippen LogP contribution in [0.2, 0.25) is 0 Å². The van der Waals surface area contributed by atoms with Crippen LogP contribution in [0.5, 0.6) is 0 Å². The van der Waals surface area contributed by atoms with Crippen LogP contribution >= 0.6 is 0 Å². The lowest BCUT2D eigenvalue weighted by Gasteiger charge is -2.31. The fraction of sp³-hybridized carbons (Fsp3) is 0.579. The normalized spacial score (nSPS) is 21.5. The highest BCUT2D eigenvalue weighted by atomic mass is 19.4. The Morgan fingerprint density at radius 1 is 1.18 bits per heavy atom. The van der Waals surface area contributed by atoms with Crippen molar-refractivity contribution in [3.8, 4) is 0 Å². The van der Waals surface area contributed by atoms with E-state index < -0.39 is 17.6 Å². The van der Waals surface area contributed by atoms with Crippen LogP contribution in [0.4, 0.5) is 13.2 Å². The van der Waals surface area contributed by atoms with Gasteiger partial charge in [-0.1, -0.05) is 6.07 Å². The highest BCUT2D eigenvalue weighted by Gasteiger charge is 2.31. The SMILES string of the molecule is O=C(CNC(=O)c1cccc(C(F)(F)F)c1)N[C@@H]1CCN(C2CCNCC2)C1. The lowest BCUT2D eigenvalue weighted by Crippen LogP contribution is -2.45.